The highest BCUT2D eigenvalue weighted by atomic mass is 79.9. The van der Waals surface area contributed by atoms with Crippen molar-refractivity contribution in [3.05, 3.63) is 83.2 Å². The molecule has 2 aromatic carbocycles. The van der Waals surface area contributed by atoms with Gasteiger partial charge in [-0.15, -0.1) is 0 Å². The van der Waals surface area contributed by atoms with Gasteiger partial charge in [0.2, 0.25) is 0 Å². The number of ether oxygens (including phenoxy) is 1. The Balaban J connectivity index is 0.00000192. The number of hydrogen-bond donors (Lipinski definition) is 1. The number of imidazole rings is 1. The number of benzene rings is 2. The number of nitrogens with zero attached hydrogens (tertiary/aromatic N) is 1. The van der Waals surface area contributed by atoms with Crippen LogP contribution >= 0.6 is 0 Å². The van der Waals surface area contributed by atoms with Gasteiger partial charge in [0, 0.05) is 13.8 Å². The standard InChI is InChI=1S/C19H20N2O.BrH/c1-15-16(2)21(13-17-9-5-3-6-10-17)19(20-15)22-14-18-11-7-4-8-12-18;/h3-12H,13-14H2,1-2H3;1H. The third-order valence-electron chi connectivity index (χ3n) is 3.89. The van der Waals surface area contributed by atoms with Crippen LogP contribution in [0.15, 0.2) is 60.7 Å². The van der Waals surface area contributed by atoms with E-state index in [0.29, 0.717) is 6.61 Å². The molecule has 0 spiro atoms. The van der Waals surface area contributed by atoms with E-state index >= 15 is 0 Å². The van der Waals surface area contributed by atoms with Crippen molar-refractivity contribution in [2.45, 2.75) is 27.0 Å². The minimum absolute atomic E-state index is 0. The summed E-state index contributed by atoms with van der Waals surface area (Å²) in [6.45, 7) is 5.56. The number of hydrogen-bond acceptors (Lipinski definition) is 1. The van der Waals surface area contributed by atoms with E-state index < -0.39 is 0 Å². The highest BCUT2D eigenvalue weighted by Gasteiger charge is 2.20. The molecule has 0 unspecified atom stereocenters. The molecule has 0 aliphatic carbocycles. The lowest BCUT2D eigenvalue weighted by Crippen LogP contribution is -3.00. The number of nitrogens with one attached hydrogen (secondary N) is 1. The third kappa shape index (κ3) is 4.23. The minimum Gasteiger partial charge on any atom is -1.00 e. The Morgan fingerprint density at radius 1 is 0.870 bits per heavy atom. The molecular formula is C19H21BrN2O. The van der Waals surface area contributed by atoms with E-state index in [2.05, 4.69) is 59.8 Å². The molecule has 1 N–H and O–H groups in total. The first-order valence-electron chi connectivity index (χ1n) is 7.53. The molecule has 0 amide bonds. The van der Waals surface area contributed by atoms with Gasteiger partial charge in [-0.3, -0.25) is 0 Å². The maximum Gasteiger partial charge on any atom is 0.454 e. The van der Waals surface area contributed by atoms with Gasteiger partial charge in [0.15, 0.2) is 0 Å². The van der Waals surface area contributed by atoms with Crippen LogP contribution in [-0.2, 0) is 13.2 Å². The molecule has 0 saturated heterocycles. The topological polar surface area (TPSA) is 28.9 Å². The summed E-state index contributed by atoms with van der Waals surface area (Å²) in [5, 5.41) is 0. The van der Waals surface area contributed by atoms with E-state index in [1.54, 1.807) is 0 Å². The van der Waals surface area contributed by atoms with E-state index in [9.17, 15) is 0 Å². The quantitative estimate of drug-likeness (QED) is 0.651. The summed E-state index contributed by atoms with van der Waals surface area (Å²) in [6, 6.07) is 21.5. The van der Waals surface area contributed by atoms with E-state index in [1.807, 2.05) is 24.3 Å². The van der Waals surface area contributed by atoms with Crippen LogP contribution in [0.5, 0.6) is 6.01 Å². The van der Waals surface area contributed by atoms with Crippen LogP contribution < -0.4 is 26.3 Å². The van der Waals surface area contributed by atoms with Crippen LogP contribution in [0.25, 0.3) is 0 Å². The van der Waals surface area contributed by atoms with Crippen molar-refractivity contribution in [3.63, 3.8) is 0 Å². The molecule has 120 valence electrons. The zero-order valence-corrected chi connectivity index (χ0v) is 15.0. The summed E-state index contributed by atoms with van der Waals surface area (Å²) in [7, 11) is 0. The average Bonchev–Trinajstić information content (AvgIpc) is 2.83. The lowest BCUT2D eigenvalue weighted by molar-refractivity contribution is -0.698. The molecule has 0 bridgehead atoms. The van der Waals surface area contributed by atoms with E-state index in [0.717, 1.165) is 18.2 Å². The number of aromatic amines is 1. The van der Waals surface area contributed by atoms with Crippen molar-refractivity contribution in [1.29, 1.82) is 0 Å². The first kappa shape index (κ1) is 17.3. The fourth-order valence-electron chi connectivity index (χ4n) is 2.47. The van der Waals surface area contributed by atoms with Gasteiger partial charge in [-0.05, 0) is 11.1 Å². The van der Waals surface area contributed by atoms with Gasteiger partial charge in [0.05, 0.1) is 0 Å². The molecule has 0 aliphatic heterocycles. The molecule has 23 heavy (non-hydrogen) atoms. The van der Waals surface area contributed by atoms with Gasteiger partial charge < -0.3 is 21.7 Å². The monoisotopic (exact) mass is 372 g/mol. The fourth-order valence-corrected chi connectivity index (χ4v) is 2.47. The highest BCUT2D eigenvalue weighted by Crippen LogP contribution is 2.12. The van der Waals surface area contributed by atoms with Crippen LogP contribution in [0.1, 0.15) is 22.5 Å². The maximum absolute atomic E-state index is 6.00. The Labute approximate surface area is 147 Å². The molecule has 1 heterocycles. The van der Waals surface area contributed by atoms with Crippen LogP contribution in [0.4, 0.5) is 0 Å². The normalized spacial score (nSPS) is 10.2. The van der Waals surface area contributed by atoms with Gasteiger partial charge in [0.1, 0.15) is 24.5 Å². The van der Waals surface area contributed by atoms with Crippen LogP contribution in [0.2, 0.25) is 0 Å². The summed E-state index contributed by atoms with van der Waals surface area (Å²) >= 11 is 0. The van der Waals surface area contributed by atoms with Crippen LogP contribution in [0, 0.1) is 13.8 Å². The zero-order valence-electron chi connectivity index (χ0n) is 13.4. The predicted octanol–water partition coefficient (Wildman–Crippen LogP) is 0.550. The second kappa shape index (κ2) is 7.97. The molecule has 0 saturated carbocycles. The number of halogens is 1. The molecule has 0 radical (unpaired) electrons. The average molecular weight is 373 g/mol. The van der Waals surface area contributed by atoms with Gasteiger partial charge >= 0.3 is 6.01 Å². The number of rotatable bonds is 5. The molecular weight excluding hydrogens is 352 g/mol. The predicted molar refractivity (Wildman–Crippen MR) is 86.8 cm³/mol. The molecule has 3 nitrogen and oxygen atoms in total. The van der Waals surface area contributed by atoms with Crippen molar-refractivity contribution in [3.8, 4) is 6.01 Å². The van der Waals surface area contributed by atoms with Crippen LogP contribution in [-0.4, -0.2) is 4.98 Å². The Morgan fingerprint density at radius 3 is 2.04 bits per heavy atom. The van der Waals surface area contributed by atoms with Gasteiger partial charge in [0.25, 0.3) is 0 Å². The fraction of sp³-hybridized carbons (Fsp3) is 0.211. The van der Waals surface area contributed by atoms with Crippen LogP contribution in [0.3, 0.4) is 0 Å². The highest BCUT2D eigenvalue weighted by molar-refractivity contribution is 5.16. The summed E-state index contributed by atoms with van der Waals surface area (Å²) in [5.74, 6) is 0. The maximum atomic E-state index is 6.00. The molecule has 1 aromatic heterocycles. The Hall–Kier alpha value is -2.07. The summed E-state index contributed by atoms with van der Waals surface area (Å²) in [6.07, 6.45) is 0. The Bertz CT molecular complexity index is 739. The van der Waals surface area contributed by atoms with Crippen molar-refractivity contribution in [2.75, 3.05) is 0 Å². The van der Waals surface area contributed by atoms with Crippen molar-refractivity contribution in [2.24, 2.45) is 0 Å². The molecule has 0 fully saturated rings. The van der Waals surface area contributed by atoms with E-state index in [-0.39, 0.29) is 17.0 Å². The lowest BCUT2D eigenvalue weighted by atomic mass is 10.2. The third-order valence-corrected chi connectivity index (χ3v) is 3.89. The zero-order chi connectivity index (χ0) is 15.4. The van der Waals surface area contributed by atoms with Gasteiger partial charge in [-0.2, -0.15) is 4.57 Å². The number of aromatic nitrogens is 2. The van der Waals surface area contributed by atoms with E-state index in [1.165, 1.54) is 16.8 Å². The summed E-state index contributed by atoms with van der Waals surface area (Å²) in [5.41, 5.74) is 4.77. The van der Waals surface area contributed by atoms with Gasteiger partial charge in [-0.1, -0.05) is 60.7 Å². The SMILES string of the molecule is Cc1[nH]c(OCc2ccccc2)[n+](Cc2ccccc2)c1C.[Br-]. The molecule has 0 aliphatic rings. The summed E-state index contributed by atoms with van der Waals surface area (Å²) in [4.78, 5) is 3.34. The molecule has 0 atom stereocenters. The second-order valence-electron chi connectivity index (χ2n) is 5.49. The largest absolute Gasteiger partial charge is 1.00 e. The Kier molecular flexibility index (Phi) is 5.99. The Morgan fingerprint density at radius 2 is 1.43 bits per heavy atom. The molecule has 3 rings (SSSR count). The molecule has 3 aromatic rings. The first-order valence-corrected chi connectivity index (χ1v) is 7.53. The lowest BCUT2D eigenvalue weighted by Gasteiger charge is -2.05. The number of aryl methyl sites for hydroxylation is 1. The molecule has 4 heteroatoms. The van der Waals surface area contributed by atoms with Crippen molar-refractivity contribution < 1.29 is 26.3 Å². The smallest absolute Gasteiger partial charge is 0.454 e. The van der Waals surface area contributed by atoms with Crippen molar-refractivity contribution >= 4 is 0 Å². The van der Waals surface area contributed by atoms with Crippen molar-refractivity contribution in [1.82, 2.24) is 4.98 Å². The van der Waals surface area contributed by atoms with Gasteiger partial charge in [-0.25, -0.2) is 4.98 Å². The minimum atomic E-state index is 0. The first-order chi connectivity index (χ1) is 10.7. The second-order valence-corrected chi connectivity index (χ2v) is 5.49. The number of H-pyrrole nitrogens is 1. The van der Waals surface area contributed by atoms with E-state index in [4.69, 9.17) is 4.74 Å². The summed E-state index contributed by atoms with van der Waals surface area (Å²) < 4.78 is 8.19.